The second kappa shape index (κ2) is 8.48. The molecule has 0 N–H and O–H groups in total. The second-order valence-electron chi connectivity index (χ2n) is 6.95. The highest BCUT2D eigenvalue weighted by atomic mass is 19.1. The molecule has 4 aromatic rings. The van der Waals surface area contributed by atoms with Crippen LogP contribution in [-0.2, 0) is 0 Å². The number of halogens is 1. The van der Waals surface area contributed by atoms with Crippen LogP contribution in [0, 0.1) is 5.82 Å². The Morgan fingerprint density at radius 2 is 1.45 bits per heavy atom. The van der Waals surface area contributed by atoms with Crippen LogP contribution in [-0.4, -0.2) is 27.1 Å². The number of carbonyl (C=O) groups excluding carboxylic acids is 1. The first kappa shape index (κ1) is 20.4. The normalized spacial score (nSPS) is 10.7. The lowest BCUT2D eigenvalue weighted by atomic mass is 9.89. The van der Waals surface area contributed by atoms with Gasteiger partial charge in [-0.25, -0.2) is 4.39 Å². The van der Waals surface area contributed by atoms with Gasteiger partial charge in [0.1, 0.15) is 11.5 Å². The summed E-state index contributed by atoms with van der Waals surface area (Å²) in [6.45, 7) is 0. The maximum atomic E-state index is 15.1. The van der Waals surface area contributed by atoms with Gasteiger partial charge >= 0.3 is 0 Å². The summed E-state index contributed by atoms with van der Waals surface area (Å²) in [6.07, 6.45) is 0. The minimum Gasteiger partial charge on any atom is -0.497 e. The fourth-order valence-corrected chi connectivity index (χ4v) is 3.67. The molecule has 0 aromatic heterocycles. The van der Waals surface area contributed by atoms with E-state index in [4.69, 9.17) is 14.2 Å². The predicted octanol–water partition coefficient (Wildman–Crippen LogP) is 5.90. The SMILES string of the molecule is COc1ccc(C(=O)c2c(-c3cccc(OC)c3F)ccc3cc(OC)ccc23)cc1. The summed E-state index contributed by atoms with van der Waals surface area (Å²) in [7, 11) is 4.57. The summed E-state index contributed by atoms with van der Waals surface area (Å²) >= 11 is 0. The number of benzene rings is 4. The molecular formula is C26H21FO4. The van der Waals surface area contributed by atoms with Crippen molar-refractivity contribution in [1.82, 2.24) is 0 Å². The number of rotatable bonds is 6. The Kier molecular flexibility index (Phi) is 5.58. The smallest absolute Gasteiger partial charge is 0.194 e. The monoisotopic (exact) mass is 416 g/mol. The van der Waals surface area contributed by atoms with Crippen LogP contribution in [0.1, 0.15) is 15.9 Å². The van der Waals surface area contributed by atoms with Gasteiger partial charge in [-0.1, -0.05) is 24.3 Å². The number of methoxy groups -OCH3 is 3. The highest BCUT2D eigenvalue weighted by Crippen LogP contribution is 2.37. The predicted molar refractivity (Wildman–Crippen MR) is 119 cm³/mol. The van der Waals surface area contributed by atoms with Gasteiger partial charge in [0.2, 0.25) is 0 Å². The molecule has 4 aromatic carbocycles. The van der Waals surface area contributed by atoms with Crippen LogP contribution in [0.5, 0.6) is 17.2 Å². The third kappa shape index (κ3) is 3.70. The lowest BCUT2D eigenvalue weighted by molar-refractivity contribution is 0.104. The van der Waals surface area contributed by atoms with E-state index in [0.717, 1.165) is 5.39 Å². The van der Waals surface area contributed by atoms with Gasteiger partial charge in [-0.15, -0.1) is 0 Å². The molecule has 0 saturated heterocycles. The van der Waals surface area contributed by atoms with Crippen molar-refractivity contribution in [2.75, 3.05) is 21.3 Å². The number of ketones is 1. The largest absolute Gasteiger partial charge is 0.497 e. The maximum absolute atomic E-state index is 15.1. The summed E-state index contributed by atoms with van der Waals surface area (Å²) in [5.74, 6) is 0.724. The molecule has 0 atom stereocenters. The van der Waals surface area contributed by atoms with E-state index in [2.05, 4.69) is 0 Å². The summed E-state index contributed by atoms with van der Waals surface area (Å²) < 4.78 is 30.8. The molecule has 5 heteroatoms. The first-order valence-corrected chi connectivity index (χ1v) is 9.69. The number of ether oxygens (including phenoxy) is 3. The Labute approximate surface area is 179 Å². The van der Waals surface area contributed by atoms with Crippen LogP contribution < -0.4 is 14.2 Å². The van der Waals surface area contributed by atoms with Crippen LogP contribution >= 0.6 is 0 Å². The fraction of sp³-hybridized carbons (Fsp3) is 0.115. The minimum absolute atomic E-state index is 0.121. The molecule has 0 radical (unpaired) electrons. The third-order valence-electron chi connectivity index (χ3n) is 5.28. The van der Waals surface area contributed by atoms with E-state index in [1.807, 2.05) is 18.2 Å². The Hall–Kier alpha value is -3.86. The van der Waals surface area contributed by atoms with Crippen molar-refractivity contribution in [3.63, 3.8) is 0 Å². The first-order chi connectivity index (χ1) is 15.1. The molecule has 0 aliphatic heterocycles. The Morgan fingerprint density at radius 3 is 2.13 bits per heavy atom. The van der Waals surface area contributed by atoms with E-state index in [0.29, 0.717) is 39.1 Å². The van der Waals surface area contributed by atoms with Gasteiger partial charge < -0.3 is 14.2 Å². The minimum atomic E-state index is -0.512. The van der Waals surface area contributed by atoms with Gasteiger partial charge in [0.15, 0.2) is 17.3 Å². The molecule has 0 bridgehead atoms. The average Bonchev–Trinajstić information content (AvgIpc) is 2.82. The lowest BCUT2D eigenvalue weighted by Gasteiger charge is -2.15. The topological polar surface area (TPSA) is 44.8 Å². The molecule has 31 heavy (non-hydrogen) atoms. The van der Waals surface area contributed by atoms with Crippen LogP contribution in [0.2, 0.25) is 0 Å². The van der Waals surface area contributed by atoms with E-state index in [1.165, 1.54) is 7.11 Å². The zero-order chi connectivity index (χ0) is 22.0. The van der Waals surface area contributed by atoms with E-state index in [-0.39, 0.29) is 11.5 Å². The molecule has 0 heterocycles. The number of hydrogen-bond acceptors (Lipinski definition) is 4. The van der Waals surface area contributed by atoms with E-state index in [1.54, 1.807) is 68.8 Å². The number of hydrogen-bond donors (Lipinski definition) is 0. The van der Waals surface area contributed by atoms with Crippen LogP contribution in [0.25, 0.3) is 21.9 Å². The molecule has 0 fully saturated rings. The van der Waals surface area contributed by atoms with E-state index in [9.17, 15) is 4.79 Å². The summed E-state index contributed by atoms with van der Waals surface area (Å²) in [5.41, 5.74) is 1.69. The van der Waals surface area contributed by atoms with Crippen molar-refractivity contribution in [2.24, 2.45) is 0 Å². The van der Waals surface area contributed by atoms with Crippen molar-refractivity contribution in [3.8, 4) is 28.4 Å². The molecule has 0 saturated carbocycles. The van der Waals surface area contributed by atoms with Crippen molar-refractivity contribution in [3.05, 3.63) is 89.7 Å². The van der Waals surface area contributed by atoms with Gasteiger partial charge in [-0.3, -0.25) is 4.79 Å². The van der Waals surface area contributed by atoms with Gasteiger partial charge in [-0.2, -0.15) is 0 Å². The molecular weight excluding hydrogens is 395 g/mol. The average molecular weight is 416 g/mol. The third-order valence-corrected chi connectivity index (χ3v) is 5.28. The van der Waals surface area contributed by atoms with Gasteiger partial charge in [0.05, 0.1) is 21.3 Å². The van der Waals surface area contributed by atoms with Crippen molar-refractivity contribution < 1.29 is 23.4 Å². The second-order valence-corrected chi connectivity index (χ2v) is 6.95. The van der Waals surface area contributed by atoms with E-state index >= 15 is 4.39 Å². The van der Waals surface area contributed by atoms with Crippen molar-refractivity contribution in [1.29, 1.82) is 0 Å². The number of fused-ring (bicyclic) bond motifs is 1. The standard InChI is InChI=1S/C26H21FO4/c1-29-18-10-7-16(8-11-18)26(28)24-20-14-12-19(30-2)15-17(20)9-13-21(24)22-5-4-6-23(31-3)25(22)27/h4-15H,1-3H3. The summed E-state index contributed by atoms with van der Waals surface area (Å²) in [5, 5.41) is 1.53. The molecule has 156 valence electrons. The first-order valence-electron chi connectivity index (χ1n) is 9.69. The number of carbonyl (C=O) groups is 1. The highest BCUT2D eigenvalue weighted by molar-refractivity contribution is 6.20. The van der Waals surface area contributed by atoms with Crippen LogP contribution in [0.3, 0.4) is 0 Å². The molecule has 0 aliphatic rings. The van der Waals surface area contributed by atoms with Crippen molar-refractivity contribution in [2.45, 2.75) is 0 Å². The lowest BCUT2D eigenvalue weighted by Crippen LogP contribution is -2.06. The Balaban J connectivity index is 1.99. The molecule has 4 rings (SSSR count). The van der Waals surface area contributed by atoms with Gasteiger partial charge in [-0.05, 0) is 64.9 Å². The van der Waals surface area contributed by atoms with Crippen LogP contribution in [0.15, 0.2) is 72.8 Å². The molecule has 4 nitrogen and oxygen atoms in total. The van der Waals surface area contributed by atoms with E-state index < -0.39 is 5.82 Å². The highest BCUT2D eigenvalue weighted by Gasteiger charge is 2.22. The zero-order valence-corrected chi connectivity index (χ0v) is 17.4. The summed E-state index contributed by atoms with van der Waals surface area (Å²) in [4.78, 5) is 13.6. The molecule has 0 spiro atoms. The van der Waals surface area contributed by atoms with Crippen molar-refractivity contribution >= 4 is 16.6 Å². The van der Waals surface area contributed by atoms with Gasteiger partial charge in [0.25, 0.3) is 0 Å². The summed E-state index contributed by atoms with van der Waals surface area (Å²) in [6, 6.07) is 20.9. The maximum Gasteiger partial charge on any atom is 0.194 e. The Bertz CT molecular complexity index is 1260. The fourth-order valence-electron chi connectivity index (χ4n) is 3.67. The van der Waals surface area contributed by atoms with Gasteiger partial charge in [0, 0.05) is 16.7 Å². The molecule has 0 amide bonds. The Morgan fingerprint density at radius 1 is 0.742 bits per heavy atom. The quantitative estimate of drug-likeness (QED) is 0.367. The molecule has 0 aliphatic carbocycles. The van der Waals surface area contributed by atoms with Crippen LogP contribution in [0.4, 0.5) is 4.39 Å². The zero-order valence-electron chi connectivity index (χ0n) is 17.4. The molecule has 0 unspecified atom stereocenters.